The van der Waals surface area contributed by atoms with Crippen molar-refractivity contribution in [3.63, 3.8) is 0 Å². The van der Waals surface area contributed by atoms with Gasteiger partial charge in [0.05, 0.1) is 29.0 Å². The van der Waals surface area contributed by atoms with Gasteiger partial charge < -0.3 is 20.2 Å². The van der Waals surface area contributed by atoms with Gasteiger partial charge in [0.1, 0.15) is 17.7 Å². The maximum atomic E-state index is 12.4. The van der Waals surface area contributed by atoms with Gasteiger partial charge in [-0.3, -0.25) is 4.79 Å². The maximum absolute atomic E-state index is 12.4. The standard InChI is InChI=1S/C19H20N8O/c1-10(25-17-14-16(22-8-21-14)23-9-24-17)18-26-13-5-3-4-12(19(28)20-2)15(13)27(18)11-6-7-11/h3-5,8-11H,6-7H2,1-2H3,(H,20,28)(H2,21,22,23,24,25)/t10-/m0/s1. The fourth-order valence-electron chi connectivity index (χ4n) is 3.64. The van der Waals surface area contributed by atoms with Gasteiger partial charge in [0.25, 0.3) is 5.91 Å². The highest BCUT2D eigenvalue weighted by Crippen LogP contribution is 2.41. The summed E-state index contributed by atoms with van der Waals surface area (Å²) in [5, 5.41) is 6.16. The number of hydrogen-bond acceptors (Lipinski definition) is 6. The summed E-state index contributed by atoms with van der Waals surface area (Å²) in [4.78, 5) is 33.0. The van der Waals surface area contributed by atoms with Gasteiger partial charge in [0, 0.05) is 13.1 Å². The number of benzene rings is 1. The van der Waals surface area contributed by atoms with Gasteiger partial charge >= 0.3 is 0 Å². The second-order valence-corrected chi connectivity index (χ2v) is 7.01. The highest BCUT2D eigenvalue weighted by atomic mass is 16.1. The first-order valence-corrected chi connectivity index (χ1v) is 9.31. The smallest absolute Gasteiger partial charge is 0.253 e. The Morgan fingerprint density at radius 3 is 2.93 bits per heavy atom. The molecule has 5 rings (SSSR count). The summed E-state index contributed by atoms with van der Waals surface area (Å²) in [6, 6.07) is 5.92. The Hall–Kier alpha value is -3.49. The van der Waals surface area contributed by atoms with Crippen molar-refractivity contribution in [2.75, 3.05) is 12.4 Å². The SMILES string of the molecule is CNC(=O)c1cccc2nc([C@H](C)Nc3ncnc4nc[nH]c34)n(C3CC3)c12. The van der Waals surface area contributed by atoms with Crippen LogP contribution in [0.3, 0.4) is 0 Å². The molecule has 28 heavy (non-hydrogen) atoms. The van der Waals surface area contributed by atoms with Crippen molar-refractivity contribution < 1.29 is 4.79 Å². The van der Waals surface area contributed by atoms with E-state index in [2.05, 4.69) is 35.1 Å². The number of H-pyrrole nitrogens is 1. The van der Waals surface area contributed by atoms with Crippen molar-refractivity contribution in [2.24, 2.45) is 0 Å². The maximum Gasteiger partial charge on any atom is 0.253 e. The average Bonchev–Trinajstić information content (AvgIpc) is 3.28. The topological polar surface area (TPSA) is 113 Å². The molecule has 1 aliphatic rings. The Bertz CT molecular complexity index is 1190. The Morgan fingerprint density at radius 2 is 2.14 bits per heavy atom. The third-order valence-electron chi connectivity index (χ3n) is 5.08. The minimum absolute atomic E-state index is 0.102. The van der Waals surface area contributed by atoms with Crippen LogP contribution in [0, 0.1) is 0 Å². The predicted molar refractivity (Wildman–Crippen MR) is 105 cm³/mol. The summed E-state index contributed by atoms with van der Waals surface area (Å²) < 4.78 is 2.21. The molecule has 4 aromatic rings. The molecule has 1 fully saturated rings. The van der Waals surface area contributed by atoms with E-state index in [1.54, 1.807) is 13.4 Å². The molecule has 1 aliphatic carbocycles. The lowest BCUT2D eigenvalue weighted by atomic mass is 10.1. The number of fused-ring (bicyclic) bond motifs is 2. The second kappa shape index (κ2) is 6.29. The van der Waals surface area contributed by atoms with Gasteiger partial charge in [-0.15, -0.1) is 0 Å². The van der Waals surface area contributed by atoms with Crippen LogP contribution in [0.1, 0.15) is 48.0 Å². The van der Waals surface area contributed by atoms with E-state index in [4.69, 9.17) is 4.98 Å². The molecule has 0 radical (unpaired) electrons. The van der Waals surface area contributed by atoms with E-state index in [1.165, 1.54) is 6.33 Å². The van der Waals surface area contributed by atoms with E-state index < -0.39 is 0 Å². The monoisotopic (exact) mass is 376 g/mol. The Labute approximate surface area is 160 Å². The molecular weight excluding hydrogens is 356 g/mol. The zero-order valence-electron chi connectivity index (χ0n) is 15.6. The second-order valence-electron chi connectivity index (χ2n) is 7.01. The zero-order valence-corrected chi connectivity index (χ0v) is 15.6. The molecule has 0 bridgehead atoms. The van der Waals surface area contributed by atoms with Gasteiger partial charge in [0.2, 0.25) is 0 Å². The van der Waals surface area contributed by atoms with Crippen molar-refractivity contribution in [1.29, 1.82) is 0 Å². The lowest BCUT2D eigenvalue weighted by Gasteiger charge is -2.17. The summed E-state index contributed by atoms with van der Waals surface area (Å²) >= 11 is 0. The number of nitrogens with zero attached hydrogens (tertiary/aromatic N) is 5. The number of carbonyl (C=O) groups is 1. The molecule has 1 amide bonds. The van der Waals surface area contributed by atoms with Gasteiger partial charge in [-0.25, -0.2) is 19.9 Å². The van der Waals surface area contributed by atoms with Crippen LogP contribution >= 0.6 is 0 Å². The lowest BCUT2D eigenvalue weighted by Crippen LogP contribution is -2.19. The number of para-hydroxylation sites is 1. The van der Waals surface area contributed by atoms with E-state index >= 15 is 0 Å². The van der Waals surface area contributed by atoms with Crippen LogP contribution in [0.5, 0.6) is 0 Å². The quantitative estimate of drug-likeness (QED) is 0.493. The number of amides is 1. The molecule has 0 saturated heterocycles. The Kier molecular flexibility index (Phi) is 3.75. The molecule has 142 valence electrons. The summed E-state index contributed by atoms with van der Waals surface area (Å²) in [6.45, 7) is 2.05. The lowest BCUT2D eigenvalue weighted by molar-refractivity contribution is 0.0964. The largest absolute Gasteiger partial charge is 0.358 e. The molecule has 1 saturated carbocycles. The van der Waals surface area contributed by atoms with Crippen LogP contribution in [0.2, 0.25) is 0 Å². The molecule has 0 aliphatic heterocycles. The normalized spacial score (nSPS) is 15.1. The number of anilines is 1. The molecule has 9 heteroatoms. The summed E-state index contributed by atoms with van der Waals surface area (Å²) in [7, 11) is 1.65. The van der Waals surface area contributed by atoms with E-state index in [-0.39, 0.29) is 11.9 Å². The molecule has 1 atom stereocenters. The molecular formula is C19H20N8O. The highest BCUT2D eigenvalue weighted by molar-refractivity contribution is 6.05. The minimum atomic E-state index is -0.119. The number of aromatic amines is 1. The number of rotatable bonds is 5. The number of aromatic nitrogens is 6. The van der Waals surface area contributed by atoms with Crippen molar-refractivity contribution in [3.05, 3.63) is 42.2 Å². The van der Waals surface area contributed by atoms with Gasteiger partial charge in [-0.05, 0) is 31.9 Å². The number of hydrogen-bond donors (Lipinski definition) is 3. The molecule has 1 aromatic carbocycles. The molecule has 9 nitrogen and oxygen atoms in total. The van der Waals surface area contributed by atoms with Crippen molar-refractivity contribution >= 4 is 33.9 Å². The molecule has 0 unspecified atom stereocenters. The van der Waals surface area contributed by atoms with E-state index in [9.17, 15) is 4.79 Å². The van der Waals surface area contributed by atoms with Crippen molar-refractivity contribution in [2.45, 2.75) is 31.8 Å². The average molecular weight is 376 g/mol. The molecule has 0 spiro atoms. The first-order valence-electron chi connectivity index (χ1n) is 9.31. The van der Waals surface area contributed by atoms with Crippen LogP contribution in [0.25, 0.3) is 22.2 Å². The zero-order chi connectivity index (χ0) is 19.3. The van der Waals surface area contributed by atoms with Gasteiger partial charge in [-0.2, -0.15) is 0 Å². The van der Waals surface area contributed by atoms with Gasteiger partial charge in [-0.1, -0.05) is 6.07 Å². The number of carbonyl (C=O) groups excluding carboxylic acids is 1. The minimum Gasteiger partial charge on any atom is -0.358 e. The van der Waals surface area contributed by atoms with E-state index in [0.29, 0.717) is 23.1 Å². The number of imidazole rings is 2. The first-order chi connectivity index (χ1) is 13.7. The van der Waals surface area contributed by atoms with Gasteiger partial charge in [0.15, 0.2) is 11.5 Å². The molecule has 3 aromatic heterocycles. The molecule has 3 heterocycles. The fourth-order valence-corrected chi connectivity index (χ4v) is 3.64. The Balaban J connectivity index is 1.61. The summed E-state index contributed by atoms with van der Waals surface area (Å²) in [5.41, 5.74) is 3.74. The predicted octanol–water partition coefficient (Wildman–Crippen LogP) is 2.57. The summed E-state index contributed by atoms with van der Waals surface area (Å²) in [5.74, 6) is 1.46. The fraction of sp³-hybridized carbons (Fsp3) is 0.316. The Morgan fingerprint density at radius 1 is 1.29 bits per heavy atom. The third-order valence-corrected chi connectivity index (χ3v) is 5.08. The third kappa shape index (κ3) is 2.58. The van der Waals surface area contributed by atoms with Crippen LogP contribution < -0.4 is 10.6 Å². The van der Waals surface area contributed by atoms with Crippen LogP contribution in [-0.4, -0.2) is 42.4 Å². The van der Waals surface area contributed by atoms with Crippen molar-refractivity contribution in [3.8, 4) is 0 Å². The molecule has 3 N–H and O–H groups in total. The summed E-state index contributed by atoms with van der Waals surface area (Å²) in [6.07, 6.45) is 5.27. The first kappa shape index (κ1) is 16.7. The van der Waals surface area contributed by atoms with E-state index in [1.807, 2.05) is 25.1 Å². The van der Waals surface area contributed by atoms with Crippen molar-refractivity contribution in [1.82, 2.24) is 34.8 Å². The van der Waals surface area contributed by atoms with Crippen LogP contribution in [0.15, 0.2) is 30.9 Å². The van der Waals surface area contributed by atoms with Crippen LogP contribution in [0.4, 0.5) is 5.82 Å². The number of nitrogens with one attached hydrogen (secondary N) is 3. The van der Waals surface area contributed by atoms with E-state index in [0.717, 1.165) is 35.2 Å². The van der Waals surface area contributed by atoms with Crippen LogP contribution in [-0.2, 0) is 0 Å². The highest BCUT2D eigenvalue weighted by Gasteiger charge is 2.32.